The van der Waals surface area contributed by atoms with E-state index in [-0.39, 0.29) is 5.75 Å². The fourth-order valence-corrected chi connectivity index (χ4v) is 1.89. The Morgan fingerprint density at radius 3 is 2.68 bits per heavy atom. The molecule has 1 N–H and O–H groups in total. The van der Waals surface area contributed by atoms with Crippen molar-refractivity contribution in [3.63, 3.8) is 0 Å². The van der Waals surface area contributed by atoms with Gasteiger partial charge in [0, 0.05) is 5.56 Å². The maximum Gasteiger partial charge on any atom is 0.416 e. The predicted octanol–water partition coefficient (Wildman–Crippen LogP) is 3.24. The molecule has 2 aromatic rings. The van der Waals surface area contributed by atoms with Gasteiger partial charge in [0.25, 0.3) is 5.91 Å². The zero-order valence-electron chi connectivity index (χ0n) is 13.2. The van der Waals surface area contributed by atoms with Crippen molar-refractivity contribution in [2.24, 2.45) is 5.10 Å². The second-order valence-electron chi connectivity index (χ2n) is 4.85. The summed E-state index contributed by atoms with van der Waals surface area (Å²) in [5, 5.41) is 3.75. The Hall–Kier alpha value is -3.03. The van der Waals surface area contributed by atoms with E-state index in [9.17, 15) is 18.0 Å². The highest BCUT2D eigenvalue weighted by Gasteiger charge is 2.30. The third-order valence-electron chi connectivity index (χ3n) is 3.06. The fourth-order valence-electron chi connectivity index (χ4n) is 1.89. The monoisotopic (exact) mass is 352 g/mol. The molecular formula is C17H15F3N2O3. The average Bonchev–Trinajstić information content (AvgIpc) is 2.60. The van der Waals surface area contributed by atoms with Crippen molar-refractivity contribution in [3.8, 4) is 11.5 Å². The van der Waals surface area contributed by atoms with Crippen LogP contribution in [0.1, 0.15) is 11.1 Å². The zero-order chi connectivity index (χ0) is 18.3. The number of methoxy groups -OCH3 is 1. The zero-order valence-corrected chi connectivity index (χ0v) is 13.2. The van der Waals surface area contributed by atoms with Gasteiger partial charge in [0.1, 0.15) is 11.5 Å². The van der Waals surface area contributed by atoms with Crippen molar-refractivity contribution in [2.75, 3.05) is 13.7 Å². The summed E-state index contributed by atoms with van der Waals surface area (Å²) in [5.41, 5.74) is 2.03. The predicted molar refractivity (Wildman–Crippen MR) is 85.7 cm³/mol. The summed E-state index contributed by atoms with van der Waals surface area (Å²) in [7, 11) is 1.51. The summed E-state index contributed by atoms with van der Waals surface area (Å²) in [5.74, 6) is -0.0806. The minimum atomic E-state index is -4.47. The van der Waals surface area contributed by atoms with Crippen LogP contribution in [0, 0.1) is 0 Å². The maximum atomic E-state index is 12.6. The molecule has 0 aliphatic heterocycles. The highest BCUT2D eigenvalue weighted by molar-refractivity contribution is 5.85. The van der Waals surface area contributed by atoms with E-state index >= 15 is 0 Å². The second kappa shape index (κ2) is 8.18. The Balaban J connectivity index is 1.88. The van der Waals surface area contributed by atoms with Crippen LogP contribution in [0.5, 0.6) is 11.5 Å². The Morgan fingerprint density at radius 2 is 1.96 bits per heavy atom. The van der Waals surface area contributed by atoms with E-state index in [2.05, 4.69) is 10.5 Å². The van der Waals surface area contributed by atoms with Crippen LogP contribution in [0.4, 0.5) is 13.2 Å². The summed E-state index contributed by atoms with van der Waals surface area (Å²) < 4.78 is 47.9. The van der Waals surface area contributed by atoms with Crippen LogP contribution in [0.15, 0.2) is 53.6 Å². The Bertz CT molecular complexity index is 761. The van der Waals surface area contributed by atoms with Crippen LogP contribution in [0.3, 0.4) is 0 Å². The second-order valence-corrected chi connectivity index (χ2v) is 4.85. The molecule has 8 heteroatoms. The summed E-state index contributed by atoms with van der Waals surface area (Å²) in [6.45, 7) is -0.468. The van der Waals surface area contributed by atoms with Crippen LogP contribution in [0.2, 0.25) is 0 Å². The number of nitrogens with zero attached hydrogens (tertiary/aromatic N) is 1. The number of benzene rings is 2. The van der Waals surface area contributed by atoms with Gasteiger partial charge in [-0.05, 0) is 30.3 Å². The van der Waals surface area contributed by atoms with E-state index in [0.717, 1.165) is 12.1 Å². The summed E-state index contributed by atoms with van der Waals surface area (Å²) in [6, 6.07) is 11.3. The number of carbonyl (C=O) groups excluding carboxylic acids is 1. The number of amides is 1. The Labute approximate surface area is 142 Å². The maximum absolute atomic E-state index is 12.6. The third kappa shape index (κ3) is 5.52. The molecule has 0 atom stereocenters. The van der Waals surface area contributed by atoms with Gasteiger partial charge < -0.3 is 9.47 Å². The van der Waals surface area contributed by atoms with Gasteiger partial charge in [-0.25, -0.2) is 5.43 Å². The number of halogens is 3. The number of alkyl halides is 3. The molecule has 2 aromatic carbocycles. The first-order chi connectivity index (χ1) is 11.9. The van der Waals surface area contributed by atoms with Gasteiger partial charge >= 0.3 is 6.18 Å². The van der Waals surface area contributed by atoms with Crippen molar-refractivity contribution < 1.29 is 27.4 Å². The molecule has 0 aliphatic rings. The van der Waals surface area contributed by atoms with Gasteiger partial charge in [-0.2, -0.15) is 18.3 Å². The van der Waals surface area contributed by atoms with Gasteiger partial charge in [0.2, 0.25) is 0 Å². The lowest BCUT2D eigenvalue weighted by atomic mass is 10.2. The van der Waals surface area contributed by atoms with Crippen LogP contribution in [0.25, 0.3) is 0 Å². The number of nitrogens with one attached hydrogen (secondary N) is 1. The number of hydrazone groups is 1. The van der Waals surface area contributed by atoms with Gasteiger partial charge in [-0.15, -0.1) is 0 Å². The first kappa shape index (κ1) is 18.3. The number of hydrogen-bond donors (Lipinski definition) is 1. The molecule has 0 aliphatic carbocycles. The van der Waals surface area contributed by atoms with E-state index in [1.54, 1.807) is 24.3 Å². The molecule has 0 saturated heterocycles. The fraction of sp³-hybridized carbons (Fsp3) is 0.176. The van der Waals surface area contributed by atoms with Crippen molar-refractivity contribution in [3.05, 3.63) is 59.7 Å². The number of hydrogen-bond acceptors (Lipinski definition) is 4. The molecule has 2 rings (SSSR count). The molecule has 132 valence electrons. The molecule has 0 saturated carbocycles. The van der Waals surface area contributed by atoms with Crippen LogP contribution < -0.4 is 14.9 Å². The molecule has 1 amide bonds. The van der Waals surface area contributed by atoms with Crippen molar-refractivity contribution >= 4 is 12.1 Å². The highest BCUT2D eigenvalue weighted by atomic mass is 19.4. The molecule has 0 heterocycles. The van der Waals surface area contributed by atoms with Crippen molar-refractivity contribution in [2.45, 2.75) is 6.18 Å². The largest absolute Gasteiger partial charge is 0.496 e. The van der Waals surface area contributed by atoms with Gasteiger partial charge in [0.05, 0.1) is 18.9 Å². The first-order valence-corrected chi connectivity index (χ1v) is 7.15. The lowest BCUT2D eigenvalue weighted by Crippen LogP contribution is -2.24. The summed E-state index contributed by atoms with van der Waals surface area (Å²) >= 11 is 0. The minimum absolute atomic E-state index is 0.0568. The Morgan fingerprint density at radius 1 is 1.20 bits per heavy atom. The first-order valence-electron chi connectivity index (χ1n) is 7.15. The molecule has 0 aromatic heterocycles. The van der Waals surface area contributed by atoms with Crippen LogP contribution in [-0.4, -0.2) is 25.8 Å². The molecular weight excluding hydrogens is 337 g/mol. The van der Waals surface area contributed by atoms with Gasteiger partial charge in [-0.3, -0.25) is 4.79 Å². The van der Waals surface area contributed by atoms with E-state index in [4.69, 9.17) is 9.47 Å². The number of ether oxygens (including phenoxy) is 2. The number of rotatable bonds is 6. The highest BCUT2D eigenvalue weighted by Crippen LogP contribution is 2.31. The lowest BCUT2D eigenvalue weighted by molar-refractivity contribution is -0.137. The number of carbonyl (C=O) groups is 1. The van der Waals surface area contributed by atoms with E-state index < -0.39 is 24.3 Å². The topological polar surface area (TPSA) is 59.9 Å². The SMILES string of the molecule is COc1ccccc1/C=N/NC(=O)COc1cccc(C(F)(F)F)c1. The number of para-hydroxylation sites is 1. The average molecular weight is 352 g/mol. The van der Waals surface area contributed by atoms with Gasteiger partial charge in [-0.1, -0.05) is 18.2 Å². The van der Waals surface area contributed by atoms with Crippen molar-refractivity contribution in [1.29, 1.82) is 0 Å². The molecule has 0 fully saturated rings. The van der Waals surface area contributed by atoms with Gasteiger partial charge in [0.15, 0.2) is 6.61 Å². The standard InChI is InChI=1S/C17H15F3N2O3/c1-24-15-8-3-2-5-12(15)10-21-22-16(23)11-25-14-7-4-6-13(9-14)17(18,19)20/h2-10H,11H2,1H3,(H,22,23)/b21-10+. The molecule has 0 radical (unpaired) electrons. The molecule has 5 nitrogen and oxygen atoms in total. The summed E-state index contributed by atoms with van der Waals surface area (Å²) in [4.78, 5) is 11.6. The van der Waals surface area contributed by atoms with Crippen LogP contribution in [-0.2, 0) is 11.0 Å². The summed E-state index contributed by atoms with van der Waals surface area (Å²) in [6.07, 6.45) is -3.08. The quantitative estimate of drug-likeness (QED) is 0.641. The molecule has 0 unspecified atom stereocenters. The van der Waals surface area contributed by atoms with Crippen molar-refractivity contribution in [1.82, 2.24) is 5.43 Å². The Kier molecular flexibility index (Phi) is 5.99. The smallest absolute Gasteiger partial charge is 0.416 e. The minimum Gasteiger partial charge on any atom is -0.496 e. The van der Waals surface area contributed by atoms with E-state index in [1.807, 2.05) is 0 Å². The molecule has 25 heavy (non-hydrogen) atoms. The third-order valence-corrected chi connectivity index (χ3v) is 3.06. The lowest BCUT2D eigenvalue weighted by Gasteiger charge is -2.09. The molecule has 0 spiro atoms. The van der Waals surface area contributed by atoms with E-state index in [1.165, 1.54) is 25.5 Å². The normalized spacial score (nSPS) is 11.4. The van der Waals surface area contributed by atoms with Crippen LogP contribution >= 0.6 is 0 Å². The van der Waals surface area contributed by atoms with E-state index in [0.29, 0.717) is 11.3 Å². The molecule has 0 bridgehead atoms.